The zero-order valence-corrected chi connectivity index (χ0v) is 30.2. The first kappa shape index (κ1) is 46.9. The number of alkyl halides is 1. The number of phenols is 1. The third-order valence-electron chi connectivity index (χ3n) is 8.17. The molecule has 0 atom stereocenters. The number of carbonyl (C=O) groups excluding carboxylic acids is 1. The van der Waals surface area contributed by atoms with Crippen LogP contribution in [0.15, 0.2) is 24.3 Å². The molecule has 0 bridgehead atoms. The average Bonchev–Trinajstić information content (AvgIpc) is 2.99. The Kier molecular flexibility index (Phi) is 31.9. The van der Waals surface area contributed by atoms with Gasteiger partial charge in [-0.2, -0.15) is 4.89 Å². The first-order chi connectivity index (χ1) is 19.0. The fourth-order valence-corrected chi connectivity index (χ4v) is 2.91. The maximum absolute atomic E-state index is 11.1. The second-order valence-corrected chi connectivity index (χ2v) is 10.7. The number of hydrogen-bond donors (Lipinski definition) is 1. The van der Waals surface area contributed by atoms with Crippen molar-refractivity contribution in [3.05, 3.63) is 29.8 Å². The van der Waals surface area contributed by atoms with Crippen LogP contribution in [0.1, 0.15) is 72.7 Å². The van der Waals surface area contributed by atoms with E-state index in [0.717, 1.165) is 0 Å². The normalized spacial score (nSPS) is 10.7. The average molecular weight is 702 g/mol. The van der Waals surface area contributed by atoms with Crippen LogP contribution in [0, 0.1) is 0 Å². The first-order valence-corrected chi connectivity index (χ1v) is 16.2. The van der Waals surface area contributed by atoms with E-state index in [0.29, 0.717) is 0 Å². The quantitative estimate of drug-likeness (QED) is 0.0887. The summed E-state index contributed by atoms with van der Waals surface area (Å²) in [4.78, 5) is 19.9. The van der Waals surface area contributed by atoms with E-state index in [9.17, 15) is 9.90 Å². The Morgan fingerprint density at radius 2 is 0.976 bits per heavy atom. The fraction of sp³-hybridized carbons (Fsp3) is 0.759. The Labute approximate surface area is 265 Å². The van der Waals surface area contributed by atoms with Gasteiger partial charge in [-0.3, -0.25) is 12.2 Å². The highest BCUT2D eigenvalue weighted by atomic mass is 127. The minimum Gasteiger partial charge on any atom is -0.907 e. The fourth-order valence-electron chi connectivity index (χ4n) is 2.78. The predicted octanol–water partition coefficient (Wildman–Crippen LogP) is 2.40. The lowest BCUT2D eigenvalue weighted by Crippen LogP contribution is -2.56. The van der Waals surface area contributed by atoms with Crippen LogP contribution in [-0.4, -0.2) is 117 Å². The van der Waals surface area contributed by atoms with Gasteiger partial charge in [0.15, 0.2) is 0 Å². The van der Waals surface area contributed by atoms with Crippen molar-refractivity contribution in [2.45, 2.75) is 62.3 Å². The predicted molar refractivity (Wildman–Crippen MR) is 173 cm³/mol. The van der Waals surface area contributed by atoms with E-state index < -0.39 is 13.3 Å². The molecule has 0 saturated heterocycles. The molecule has 0 aromatic heterocycles. The zero-order chi connectivity index (χ0) is 33.1. The van der Waals surface area contributed by atoms with Crippen molar-refractivity contribution >= 4 is 35.9 Å². The highest BCUT2D eigenvalue weighted by molar-refractivity contribution is 14.1. The number of hydrogen-bond acceptors (Lipinski definition) is 7. The molecule has 1 rings (SSSR count). The van der Waals surface area contributed by atoms with E-state index in [4.69, 9.17) is 15.1 Å². The summed E-state index contributed by atoms with van der Waals surface area (Å²) in [5, 5.41) is 34.5. The van der Waals surface area contributed by atoms with Gasteiger partial charge in [0, 0.05) is 0 Å². The number of benzene rings is 1. The first-order valence-electron chi connectivity index (χ1n) is 14.7. The van der Waals surface area contributed by atoms with Crippen molar-refractivity contribution in [3.8, 4) is 5.75 Å². The summed E-state index contributed by atoms with van der Waals surface area (Å²) >= 11 is 1.89. The zero-order valence-electron chi connectivity index (χ0n) is 28.1. The lowest BCUT2D eigenvalue weighted by atomic mass is 10.2. The van der Waals surface area contributed by atoms with E-state index >= 15 is 0 Å². The smallest absolute Gasteiger partial charge is 0.376 e. The molecule has 10 nitrogen and oxygen atoms in total. The van der Waals surface area contributed by atoms with Crippen molar-refractivity contribution in [2.24, 2.45) is 0 Å². The summed E-state index contributed by atoms with van der Waals surface area (Å²) in [5.41, 5.74) is 0.0901. The van der Waals surface area contributed by atoms with Crippen LogP contribution in [0.5, 0.6) is 5.75 Å². The SMILES string of the molecule is CC[N+](C)(CC)CC.CC[N+](C)(CC)CC.CC[N+](C)(CC)CC.O=C(OOCI)c1ccccc1O.[O-]B([O-])[O-]. The molecule has 12 heteroatoms. The van der Waals surface area contributed by atoms with E-state index in [1.165, 1.54) is 84.5 Å². The molecule has 0 unspecified atom stereocenters. The second-order valence-electron chi connectivity index (χ2n) is 10.1. The molecule has 0 aliphatic heterocycles. The number of aromatic hydroxyl groups is 1. The molecule has 41 heavy (non-hydrogen) atoms. The second kappa shape index (κ2) is 27.8. The molecule has 244 valence electrons. The van der Waals surface area contributed by atoms with E-state index in [1.807, 2.05) is 22.6 Å². The molecule has 1 aromatic rings. The third-order valence-corrected chi connectivity index (χ3v) is 8.43. The number of halogens is 1. The number of quaternary nitrogens is 3. The number of nitrogens with zero attached hydrogens (tertiary/aromatic N) is 3. The van der Waals surface area contributed by atoms with E-state index in [-0.39, 0.29) is 15.9 Å². The molecule has 0 saturated carbocycles. The van der Waals surface area contributed by atoms with Gasteiger partial charge < -0.3 is 33.6 Å². The summed E-state index contributed by atoms with van der Waals surface area (Å²) in [6.45, 7) is 31.5. The Balaban J connectivity index is -0.000000219. The van der Waals surface area contributed by atoms with Gasteiger partial charge in [0.1, 0.15) is 15.9 Å². The molecule has 0 aliphatic carbocycles. The van der Waals surface area contributed by atoms with Crippen LogP contribution in [0.4, 0.5) is 0 Å². The van der Waals surface area contributed by atoms with Crippen LogP contribution < -0.4 is 15.1 Å². The summed E-state index contributed by atoms with van der Waals surface area (Å²) in [6.07, 6.45) is 0. The maximum Gasteiger partial charge on any atom is 0.376 e. The van der Waals surface area contributed by atoms with Crippen molar-refractivity contribution in [1.29, 1.82) is 0 Å². The van der Waals surface area contributed by atoms with Crippen molar-refractivity contribution < 1.29 is 48.2 Å². The minimum atomic E-state index is -2.92. The molecular formula is C29H61BIN3O7. The van der Waals surface area contributed by atoms with Gasteiger partial charge in [-0.15, -0.1) is 0 Å². The van der Waals surface area contributed by atoms with Crippen LogP contribution in [0.3, 0.4) is 0 Å². The van der Waals surface area contributed by atoms with Crippen LogP contribution in [0.2, 0.25) is 0 Å². The van der Waals surface area contributed by atoms with Crippen molar-refractivity contribution in [2.75, 3.05) is 84.7 Å². The largest absolute Gasteiger partial charge is 0.907 e. The monoisotopic (exact) mass is 701 g/mol. The van der Waals surface area contributed by atoms with E-state index in [2.05, 4.69) is 93.2 Å². The number of para-hydroxylation sites is 1. The van der Waals surface area contributed by atoms with Crippen molar-refractivity contribution in [1.82, 2.24) is 0 Å². The number of carbonyl (C=O) groups is 1. The Hall–Kier alpha value is -0.995. The van der Waals surface area contributed by atoms with Gasteiger partial charge in [-0.05, 0) is 74.4 Å². The molecule has 0 fully saturated rings. The molecule has 0 heterocycles. The molecular weight excluding hydrogens is 640 g/mol. The summed E-state index contributed by atoms with van der Waals surface area (Å²) in [7, 11) is 3.96. The van der Waals surface area contributed by atoms with Crippen LogP contribution in [0.25, 0.3) is 0 Å². The maximum atomic E-state index is 11.1. The topological polar surface area (TPSA) is 125 Å². The summed E-state index contributed by atoms with van der Waals surface area (Å²) < 4.78 is 3.87. The Morgan fingerprint density at radius 1 is 0.707 bits per heavy atom. The molecule has 1 aromatic carbocycles. The van der Waals surface area contributed by atoms with Gasteiger partial charge in [0.2, 0.25) is 0 Å². The molecule has 0 spiro atoms. The lowest BCUT2D eigenvalue weighted by molar-refractivity contribution is -0.904. The summed E-state index contributed by atoms with van der Waals surface area (Å²) in [5.74, 6) is -0.820. The standard InChI is InChI=1S/C8H7IO4.3C7H18N.BO3/c9-5-12-13-8(11)6-3-1-2-4-7(6)10;3*1-5-8(4,6-2)7-3;2-1(3)4/h1-4,10H,5H2;3*5-7H2,1-4H3;/q;3*+1;-3. The molecule has 1 N–H and O–H groups in total. The molecule has 0 amide bonds. The Bertz CT molecular complexity index is 664. The summed E-state index contributed by atoms with van der Waals surface area (Å²) in [6, 6.07) is 6.10. The number of rotatable bonds is 12. The van der Waals surface area contributed by atoms with Crippen LogP contribution in [-0.2, 0) is 9.78 Å². The minimum absolute atomic E-state index is 0.0901. The van der Waals surface area contributed by atoms with Gasteiger partial charge in [-0.1, -0.05) is 34.7 Å². The van der Waals surface area contributed by atoms with Crippen molar-refractivity contribution in [3.63, 3.8) is 0 Å². The lowest BCUT2D eigenvalue weighted by Gasteiger charge is -2.35. The van der Waals surface area contributed by atoms with Gasteiger partial charge in [-0.25, -0.2) is 4.79 Å². The van der Waals surface area contributed by atoms with Gasteiger partial charge in [0.25, 0.3) is 0 Å². The molecule has 0 aliphatic rings. The van der Waals surface area contributed by atoms with Crippen LogP contribution >= 0.6 is 22.6 Å². The van der Waals surface area contributed by atoms with E-state index in [1.54, 1.807) is 12.1 Å². The van der Waals surface area contributed by atoms with Gasteiger partial charge >= 0.3 is 5.97 Å². The molecule has 0 radical (unpaired) electrons. The highest BCUT2D eigenvalue weighted by Crippen LogP contribution is 2.16. The van der Waals surface area contributed by atoms with Gasteiger partial charge in [0.05, 0.1) is 80.0 Å². The highest BCUT2D eigenvalue weighted by Gasteiger charge is 2.13. The number of phenolic OH excluding ortho intramolecular Hbond substituents is 1. The third kappa shape index (κ3) is 26.4. The Morgan fingerprint density at radius 3 is 1.17 bits per heavy atom.